The van der Waals surface area contributed by atoms with Gasteiger partial charge in [-0.2, -0.15) is 4.31 Å². The second kappa shape index (κ2) is 8.63. The normalized spacial score (nSPS) is 19.1. The lowest BCUT2D eigenvalue weighted by atomic mass is 10.00. The molecule has 0 saturated carbocycles. The van der Waals surface area contributed by atoms with Gasteiger partial charge in [0.25, 0.3) is 0 Å². The number of hydrogen-bond acceptors (Lipinski definition) is 4. The van der Waals surface area contributed by atoms with E-state index in [-0.39, 0.29) is 24.9 Å². The Kier molecular flexibility index (Phi) is 7.47. The number of piperidine rings is 1. The predicted molar refractivity (Wildman–Crippen MR) is 90.4 cm³/mol. The fourth-order valence-electron chi connectivity index (χ4n) is 2.78. The molecule has 6 nitrogen and oxygen atoms in total. The zero-order chi connectivity index (χ0) is 16.2. The summed E-state index contributed by atoms with van der Waals surface area (Å²) in [6.45, 7) is 3.17. The lowest BCUT2D eigenvalue weighted by Crippen LogP contribution is -2.43. The maximum Gasteiger partial charge on any atom is 0.317 e. The van der Waals surface area contributed by atoms with Gasteiger partial charge in [0, 0.05) is 13.1 Å². The molecule has 1 atom stereocenters. The predicted octanol–water partition coefficient (Wildman–Crippen LogP) is 1.49. The standard InChI is InChI=1S/C15H22N2O4S.ClH/c1-12-5-2-3-7-14(12)22(20,21)17-8-4-6-13(11-17)9-16-10-15(18)19;/h2-3,5,7,13,16H,4,6,8-11H2,1H3,(H,18,19);1H. The third-order valence-corrected chi connectivity index (χ3v) is 5.93. The van der Waals surface area contributed by atoms with Crippen LogP contribution in [0.3, 0.4) is 0 Å². The van der Waals surface area contributed by atoms with E-state index in [9.17, 15) is 13.2 Å². The van der Waals surface area contributed by atoms with E-state index in [2.05, 4.69) is 5.32 Å². The third-order valence-electron chi connectivity index (χ3n) is 3.90. The zero-order valence-electron chi connectivity index (χ0n) is 13.1. The summed E-state index contributed by atoms with van der Waals surface area (Å²) in [5, 5.41) is 11.5. The van der Waals surface area contributed by atoms with Gasteiger partial charge in [-0.25, -0.2) is 8.42 Å². The Morgan fingerprint density at radius 3 is 2.74 bits per heavy atom. The van der Waals surface area contributed by atoms with Gasteiger partial charge in [-0.3, -0.25) is 4.79 Å². The number of carboxylic acid groups (broad SMARTS) is 1. The maximum atomic E-state index is 12.7. The summed E-state index contributed by atoms with van der Waals surface area (Å²) in [5.74, 6) is -0.757. The second-order valence-corrected chi connectivity index (χ2v) is 7.57. The number of halogens is 1. The molecule has 0 aliphatic carbocycles. The van der Waals surface area contributed by atoms with Crippen molar-refractivity contribution in [2.45, 2.75) is 24.7 Å². The summed E-state index contributed by atoms with van der Waals surface area (Å²) >= 11 is 0. The summed E-state index contributed by atoms with van der Waals surface area (Å²) in [4.78, 5) is 10.9. The Labute approximate surface area is 143 Å². The molecular weight excluding hydrogens is 340 g/mol. The van der Waals surface area contributed by atoms with Gasteiger partial charge in [-0.15, -0.1) is 12.4 Å². The van der Waals surface area contributed by atoms with Crippen LogP contribution in [0.15, 0.2) is 29.2 Å². The van der Waals surface area contributed by atoms with Crippen LogP contribution in [0.2, 0.25) is 0 Å². The highest BCUT2D eigenvalue weighted by Crippen LogP contribution is 2.25. The van der Waals surface area contributed by atoms with Crippen molar-refractivity contribution in [1.82, 2.24) is 9.62 Å². The first-order chi connectivity index (χ1) is 10.4. The molecule has 1 aromatic carbocycles. The number of rotatable bonds is 6. The SMILES string of the molecule is Cc1ccccc1S(=O)(=O)N1CCCC(CNCC(=O)O)C1.Cl. The number of carbonyl (C=O) groups is 1. The number of sulfonamides is 1. The van der Waals surface area contributed by atoms with Crippen LogP contribution in [-0.4, -0.2) is 50.0 Å². The molecule has 1 unspecified atom stereocenters. The van der Waals surface area contributed by atoms with Crippen molar-refractivity contribution in [2.24, 2.45) is 5.92 Å². The number of benzene rings is 1. The molecule has 0 spiro atoms. The molecule has 2 rings (SSSR count). The van der Waals surface area contributed by atoms with Gasteiger partial charge in [0.15, 0.2) is 0 Å². The summed E-state index contributed by atoms with van der Waals surface area (Å²) in [7, 11) is -3.48. The van der Waals surface area contributed by atoms with Crippen LogP contribution < -0.4 is 5.32 Å². The lowest BCUT2D eigenvalue weighted by molar-refractivity contribution is -0.136. The van der Waals surface area contributed by atoms with Gasteiger partial charge in [0.1, 0.15) is 0 Å². The van der Waals surface area contributed by atoms with Crippen LogP contribution >= 0.6 is 12.4 Å². The van der Waals surface area contributed by atoms with Crippen LogP contribution in [0.4, 0.5) is 0 Å². The number of aliphatic carboxylic acids is 1. The Morgan fingerprint density at radius 2 is 2.09 bits per heavy atom. The minimum absolute atomic E-state index is 0. The smallest absolute Gasteiger partial charge is 0.317 e. The maximum absolute atomic E-state index is 12.7. The molecule has 1 heterocycles. The van der Waals surface area contributed by atoms with Crippen molar-refractivity contribution < 1.29 is 18.3 Å². The highest BCUT2D eigenvalue weighted by Gasteiger charge is 2.30. The molecule has 0 radical (unpaired) electrons. The van der Waals surface area contributed by atoms with Gasteiger partial charge in [0.2, 0.25) is 10.0 Å². The van der Waals surface area contributed by atoms with Crippen LogP contribution in [0.1, 0.15) is 18.4 Å². The molecule has 23 heavy (non-hydrogen) atoms. The first-order valence-corrected chi connectivity index (χ1v) is 8.83. The molecular formula is C15H23ClN2O4S. The van der Waals surface area contributed by atoms with E-state index >= 15 is 0 Å². The third kappa shape index (κ3) is 5.17. The number of carboxylic acids is 1. The van der Waals surface area contributed by atoms with Crippen LogP contribution in [0.5, 0.6) is 0 Å². The fourth-order valence-corrected chi connectivity index (χ4v) is 4.56. The molecule has 8 heteroatoms. The molecule has 1 saturated heterocycles. The fraction of sp³-hybridized carbons (Fsp3) is 0.533. The van der Waals surface area contributed by atoms with Gasteiger partial charge in [-0.1, -0.05) is 18.2 Å². The van der Waals surface area contributed by atoms with Crippen molar-refractivity contribution in [3.63, 3.8) is 0 Å². The van der Waals surface area contributed by atoms with E-state index < -0.39 is 16.0 Å². The second-order valence-electron chi connectivity index (χ2n) is 5.66. The van der Waals surface area contributed by atoms with Crippen LogP contribution in [0, 0.1) is 12.8 Å². The molecule has 0 aromatic heterocycles. The van der Waals surface area contributed by atoms with E-state index in [0.717, 1.165) is 18.4 Å². The molecule has 1 aromatic rings. The van der Waals surface area contributed by atoms with E-state index in [1.807, 2.05) is 6.07 Å². The van der Waals surface area contributed by atoms with Crippen molar-refractivity contribution in [3.05, 3.63) is 29.8 Å². The van der Waals surface area contributed by atoms with Gasteiger partial charge < -0.3 is 10.4 Å². The monoisotopic (exact) mass is 362 g/mol. The highest BCUT2D eigenvalue weighted by molar-refractivity contribution is 7.89. The van der Waals surface area contributed by atoms with Crippen LogP contribution in [-0.2, 0) is 14.8 Å². The minimum Gasteiger partial charge on any atom is -0.480 e. The Morgan fingerprint density at radius 1 is 1.39 bits per heavy atom. The molecule has 1 aliphatic rings. The summed E-state index contributed by atoms with van der Waals surface area (Å²) in [5.41, 5.74) is 0.744. The van der Waals surface area contributed by atoms with Crippen LogP contribution in [0.25, 0.3) is 0 Å². The van der Waals surface area contributed by atoms with Crippen molar-refractivity contribution in [1.29, 1.82) is 0 Å². The molecule has 130 valence electrons. The number of nitrogens with one attached hydrogen (secondary N) is 1. The summed E-state index contributed by atoms with van der Waals surface area (Å²) in [6, 6.07) is 6.98. The summed E-state index contributed by atoms with van der Waals surface area (Å²) < 4.78 is 27.0. The Balaban J connectivity index is 0.00000264. The topological polar surface area (TPSA) is 86.7 Å². The van der Waals surface area contributed by atoms with E-state index in [0.29, 0.717) is 24.5 Å². The molecule has 0 bridgehead atoms. The Bertz CT molecular complexity index is 636. The molecule has 2 N–H and O–H groups in total. The first-order valence-electron chi connectivity index (χ1n) is 7.39. The number of hydrogen-bond donors (Lipinski definition) is 2. The molecule has 1 aliphatic heterocycles. The van der Waals surface area contributed by atoms with Gasteiger partial charge in [-0.05, 0) is 43.9 Å². The quantitative estimate of drug-likeness (QED) is 0.800. The average Bonchev–Trinajstić information content (AvgIpc) is 2.47. The van der Waals surface area contributed by atoms with Crippen molar-refractivity contribution in [2.75, 3.05) is 26.2 Å². The Hall–Kier alpha value is -1.15. The molecule has 0 amide bonds. The van der Waals surface area contributed by atoms with E-state index in [1.54, 1.807) is 25.1 Å². The van der Waals surface area contributed by atoms with Crippen molar-refractivity contribution >= 4 is 28.4 Å². The van der Waals surface area contributed by atoms with Gasteiger partial charge in [0.05, 0.1) is 11.4 Å². The number of aryl methyl sites for hydroxylation is 1. The molecule has 1 fully saturated rings. The highest BCUT2D eigenvalue weighted by atomic mass is 35.5. The average molecular weight is 363 g/mol. The largest absolute Gasteiger partial charge is 0.480 e. The zero-order valence-corrected chi connectivity index (χ0v) is 14.7. The van der Waals surface area contributed by atoms with Crippen molar-refractivity contribution in [3.8, 4) is 0 Å². The summed E-state index contributed by atoms with van der Waals surface area (Å²) in [6.07, 6.45) is 1.71. The number of nitrogens with zero attached hydrogens (tertiary/aromatic N) is 1. The van der Waals surface area contributed by atoms with Gasteiger partial charge >= 0.3 is 5.97 Å². The minimum atomic E-state index is -3.48. The van der Waals surface area contributed by atoms with E-state index in [1.165, 1.54) is 4.31 Å². The van der Waals surface area contributed by atoms with E-state index in [4.69, 9.17) is 5.11 Å². The first kappa shape index (κ1) is 19.9. The lowest BCUT2D eigenvalue weighted by Gasteiger charge is -2.32.